The van der Waals surface area contributed by atoms with Crippen LogP contribution in [-0.2, 0) is 6.61 Å². The molecule has 0 bridgehead atoms. The van der Waals surface area contributed by atoms with Gasteiger partial charge in [-0.15, -0.1) is 0 Å². The Morgan fingerprint density at radius 1 is 1.00 bits per heavy atom. The van der Waals surface area contributed by atoms with Crippen LogP contribution in [0.2, 0.25) is 0 Å². The summed E-state index contributed by atoms with van der Waals surface area (Å²) in [6, 6.07) is 15.8. The maximum atomic E-state index is 8.93. The molecule has 0 heterocycles. The third-order valence-corrected chi connectivity index (χ3v) is 2.56. The molecule has 86 valence electrons. The minimum atomic E-state index is 0.0788. The van der Waals surface area contributed by atoms with E-state index < -0.39 is 0 Å². The molecule has 0 saturated heterocycles. The minimum Gasteiger partial charge on any atom is -0.392 e. The fourth-order valence-corrected chi connectivity index (χ4v) is 1.49. The number of nitrogens with zero attached hydrogens (tertiary/aromatic N) is 1. The molecular weight excluding hydrogens is 210 g/mol. The summed E-state index contributed by atoms with van der Waals surface area (Å²) in [6.07, 6.45) is 1.83. The first kappa shape index (κ1) is 11.6. The topological polar surface area (TPSA) is 32.6 Å². The number of aliphatic hydroxyl groups excluding tert-OH is 1. The largest absolute Gasteiger partial charge is 0.392 e. The van der Waals surface area contributed by atoms with Crippen LogP contribution in [0.3, 0.4) is 0 Å². The maximum absolute atomic E-state index is 8.93. The first-order valence-electron chi connectivity index (χ1n) is 5.58. The molecular formula is C15H15NO. The van der Waals surface area contributed by atoms with Gasteiger partial charge in [0.05, 0.1) is 12.3 Å². The molecule has 0 aliphatic heterocycles. The van der Waals surface area contributed by atoms with Gasteiger partial charge >= 0.3 is 0 Å². The van der Waals surface area contributed by atoms with Crippen molar-refractivity contribution in [3.63, 3.8) is 0 Å². The molecule has 0 radical (unpaired) electrons. The molecule has 0 aromatic heterocycles. The van der Waals surface area contributed by atoms with Gasteiger partial charge in [-0.3, -0.25) is 4.99 Å². The SMILES string of the molecule is Cc1ccc(N=Cc2ccc(CO)cc2)cc1. The molecule has 0 unspecified atom stereocenters. The molecule has 0 aliphatic carbocycles. The van der Waals surface area contributed by atoms with Crippen LogP contribution in [-0.4, -0.2) is 11.3 Å². The normalized spacial score (nSPS) is 10.9. The zero-order valence-electron chi connectivity index (χ0n) is 9.80. The highest BCUT2D eigenvalue weighted by atomic mass is 16.3. The lowest BCUT2D eigenvalue weighted by Crippen LogP contribution is -1.84. The number of aryl methyl sites for hydroxylation is 1. The Labute approximate surface area is 101 Å². The quantitative estimate of drug-likeness (QED) is 0.799. The molecule has 0 atom stereocenters. The highest BCUT2D eigenvalue weighted by Crippen LogP contribution is 2.12. The lowest BCUT2D eigenvalue weighted by molar-refractivity contribution is 0.282. The second-order valence-electron chi connectivity index (χ2n) is 3.99. The van der Waals surface area contributed by atoms with Gasteiger partial charge in [0.25, 0.3) is 0 Å². The van der Waals surface area contributed by atoms with Crippen molar-refractivity contribution in [2.24, 2.45) is 4.99 Å². The molecule has 2 heteroatoms. The van der Waals surface area contributed by atoms with Crippen LogP contribution in [0, 0.1) is 6.92 Å². The van der Waals surface area contributed by atoms with Gasteiger partial charge in [-0.2, -0.15) is 0 Å². The van der Waals surface area contributed by atoms with Crippen LogP contribution >= 0.6 is 0 Å². The van der Waals surface area contributed by atoms with Crippen LogP contribution in [0.25, 0.3) is 0 Å². The molecule has 2 aromatic rings. The monoisotopic (exact) mass is 225 g/mol. The van der Waals surface area contributed by atoms with Gasteiger partial charge in [0.2, 0.25) is 0 Å². The lowest BCUT2D eigenvalue weighted by Gasteiger charge is -1.97. The van der Waals surface area contributed by atoms with Crippen molar-refractivity contribution in [3.05, 3.63) is 65.2 Å². The first-order chi connectivity index (χ1) is 8.28. The molecule has 2 nitrogen and oxygen atoms in total. The van der Waals surface area contributed by atoms with E-state index in [1.165, 1.54) is 5.56 Å². The Balaban J connectivity index is 2.11. The Morgan fingerprint density at radius 2 is 1.65 bits per heavy atom. The molecule has 0 aliphatic rings. The highest BCUT2D eigenvalue weighted by Gasteiger charge is 1.91. The predicted octanol–water partition coefficient (Wildman–Crippen LogP) is 3.24. The average Bonchev–Trinajstić information content (AvgIpc) is 2.39. The molecule has 1 N–H and O–H groups in total. The van der Waals surface area contributed by atoms with Crippen LogP contribution in [0.5, 0.6) is 0 Å². The van der Waals surface area contributed by atoms with E-state index in [1.54, 1.807) is 0 Å². The summed E-state index contributed by atoms with van der Waals surface area (Å²) in [5.74, 6) is 0. The van der Waals surface area contributed by atoms with E-state index in [-0.39, 0.29) is 6.61 Å². The zero-order chi connectivity index (χ0) is 12.1. The Bertz CT molecular complexity index is 497. The van der Waals surface area contributed by atoms with E-state index in [0.29, 0.717) is 0 Å². The fourth-order valence-electron chi connectivity index (χ4n) is 1.49. The van der Waals surface area contributed by atoms with E-state index >= 15 is 0 Å². The summed E-state index contributed by atoms with van der Waals surface area (Å²) in [5, 5.41) is 8.93. The second-order valence-corrected chi connectivity index (χ2v) is 3.99. The Morgan fingerprint density at radius 3 is 2.24 bits per heavy atom. The number of aliphatic hydroxyl groups is 1. The molecule has 17 heavy (non-hydrogen) atoms. The first-order valence-corrected chi connectivity index (χ1v) is 5.58. The van der Waals surface area contributed by atoms with Gasteiger partial charge in [0.1, 0.15) is 0 Å². The van der Waals surface area contributed by atoms with Crippen molar-refractivity contribution in [1.29, 1.82) is 0 Å². The fraction of sp³-hybridized carbons (Fsp3) is 0.133. The summed E-state index contributed by atoms with van der Waals surface area (Å²) in [5.41, 5.74) is 4.12. The van der Waals surface area contributed by atoms with Gasteiger partial charge < -0.3 is 5.11 Å². The van der Waals surface area contributed by atoms with E-state index in [1.807, 2.05) is 54.7 Å². The second kappa shape index (κ2) is 5.41. The van der Waals surface area contributed by atoms with Crippen LogP contribution in [0.15, 0.2) is 53.5 Å². The van der Waals surface area contributed by atoms with Crippen molar-refractivity contribution < 1.29 is 5.11 Å². The van der Waals surface area contributed by atoms with Gasteiger partial charge in [-0.1, -0.05) is 42.0 Å². The van der Waals surface area contributed by atoms with Crippen LogP contribution in [0.4, 0.5) is 5.69 Å². The van der Waals surface area contributed by atoms with Crippen molar-refractivity contribution in [3.8, 4) is 0 Å². The standard InChI is InChI=1S/C15H15NO/c1-12-2-8-15(9-3-12)16-10-13-4-6-14(11-17)7-5-13/h2-10,17H,11H2,1H3. The Hall–Kier alpha value is -1.93. The van der Waals surface area contributed by atoms with Gasteiger partial charge in [-0.25, -0.2) is 0 Å². The maximum Gasteiger partial charge on any atom is 0.0681 e. The number of benzene rings is 2. The predicted molar refractivity (Wildman–Crippen MR) is 70.8 cm³/mol. The van der Waals surface area contributed by atoms with E-state index in [4.69, 9.17) is 5.11 Å². The van der Waals surface area contributed by atoms with Crippen molar-refractivity contribution in [2.45, 2.75) is 13.5 Å². The molecule has 2 rings (SSSR count). The van der Waals surface area contributed by atoms with E-state index in [0.717, 1.165) is 16.8 Å². The summed E-state index contributed by atoms with van der Waals surface area (Å²) in [4.78, 5) is 4.39. The number of aliphatic imine (C=N–C) groups is 1. The van der Waals surface area contributed by atoms with E-state index in [9.17, 15) is 0 Å². The Kier molecular flexibility index (Phi) is 3.68. The highest BCUT2D eigenvalue weighted by molar-refractivity contribution is 5.81. The number of hydrogen-bond donors (Lipinski definition) is 1. The molecule has 0 amide bonds. The average molecular weight is 225 g/mol. The van der Waals surface area contributed by atoms with Gasteiger partial charge in [0, 0.05) is 6.21 Å². The van der Waals surface area contributed by atoms with Crippen molar-refractivity contribution >= 4 is 11.9 Å². The minimum absolute atomic E-state index is 0.0788. The smallest absolute Gasteiger partial charge is 0.0681 e. The molecule has 0 fully saturated rings. The van der Waals surface area contributed by atoms with Crippen molar-refractivity contribution in [2.75, 3.05) is 0 Å². The third kappa shape index (κ3) is 3.26. The summed E-state index contributed by atoms with van der Waals surface area (Å²) < 4.78 is 0. The van der Waals surface area contributed by atoms with Crippen LogP contribution < -0.4 is 0 Å². The molecule has 2 aromatic carbocycles. The number of hydrogen-bond acceptors (Lipinski definition) is 2. The summed E-state index contributed by atoms with van der Waals surface area (Å²) in [7, 11) is 0. The summed E-state index contributed by atoms with van der Waals surface area (Å²) >= 11 is 0. The van der Waals surface area contributed by atoms with Gasteiger partial charge in [-0.05, 0) is 30.2 Å². The third-order valence-electron chi connectivity index (χ3n) is 2.56. The van der Waals surface area contributed by atoms with E-state index in [2.05, 4.69) is 11.9 Å². The van der Waals surface area contributed by atoms with Crippen LogP contribution in [0.1, 0.15) is 16.7 Å². The lowest BCUT2D eigenvalue weighted by atomic mass is 10.1. The number of rotatable bonds is 3. The zero-order valence-corrected chi connectivity index (χ0v) is 9.80. The molecule has 0 saturated carbocycles. The van der Waals surface area contributed by atoms with Gasteiger partial charge in [0.15, 0.2) is 0 Å². The molecule has 0 spiro atoms. The summed E-state index contributed by atoms with van der Waals surface area (Å²) in [6.45, 7) is 2.14. The van der Waals surface area contributed by atoms with Crippen molar-refractivity contribution in [1.82, 2.24) is 0 Å².